The highest BCUT2D eigenvalue weighted by Crippen LogP contribution is 2.38. The van der Waals surface area contributed by atoms with Crippen LogP contribution in [0.2, 0.25) is 0 Å². The number of imidazole rings is 1. The minimum absolute atomic E-state index is 0.0352. The van der Waals surface area contributed by atoms with Gasteiger partial charge in [-0.05, 0) is 0 Å². The molecule has 1 fully saturated rings. The van der Waals surface area contributed by atoms with E-state index in [0.29, 0.717) is 0 Å². The molecule has 2 aromatic rings. The van der Waals surface area contributed by atoms with Crippen molar-refractivity contribution in [2.24, 2.45) is 0 Å². The standard InChI is InChI=1S/C12H12FN5O4/c1-2-12(3-19)7(21)6(20)10(22-12)18-4-15-5-8(14)16-11(13)17-9(5)18/h1,4,6-7,10,19-21H,3H2,(H2,14,16,17)/t6-,7+,10+,12+/m0/s1. The number of nitrogens with two attached hydrogens (primary N) is 1. The molecule has 2 aromatic heterocycles. The van der Waals surface area contributed by atoms with Crippen LogP contribution in [0.3, 0.4) is 0 Å². The van der Waals surface area contributed by atoms with Crippen molar-refractivity contribution < 1.29 is 24.4 Å². The molecule has 22 heavy (non-hydrogen) atoms. The second kappa shape index (κ2) is 4.85. The van der Waals surface area contributed by atoms with Gasteiger partial charge in [0.25, 0.3) is 0 Å². The maximum Gasteiger partial charge on any atom is 0.312 e. The van der Waals surface area contributed by atoms with Crippen LogP contribution in [0.4, 0.5) is 10.2 Å². The highest BCUT2D eigenvalue weighted by atomic mass is 19.1. The number of nitrogen functional groups attached to an aromatic ring is 1. The van der Waals surface area contributed by atoms with E-state index in [0.717, 1.165) is 0 Å². The quantitative estimate of drug-likeness (QED) is 0.375. The lowest BCUT2D eigenvalue weighted by Crippen LogP contribution is -2.44. The summed E-state index contributed by atoms with van der Waals surface area (Å²) in [5.41, 5.74) is 3.83. The molecular formula is C12H12FN5O4. The van der Waals surface area contributed by atoms with Crippen molar-refractivity contribution in [3.8, 4) is 12.3 Å². The first kappa shape index (κ1) is 14.6. The summed E-state index contributed by atoms with van der Waals surface area (Å²) < 4.78 is 19.9. The van der Waals surface area contributed by atoms with E-state index in [9.17, 15) is 19.7 Å². The van der Waals surface area contributed by atoms with Gasteiger partial charge in [0.15, 0.2) is 28.8 Å². The number of rotatable bonds is 2. The monoisotopic (exact) mass is 309 g/mol. The number of aliphatic hydroxyl groups excluding tert-OH is 3. The smallest absolute Gasteiger partial charge is 0.312 e. The lowest BCUT2D eigenvalue weighted by atomic mass is 9.97. The Labute approximate surface area is 123 Å². The van der Waals surface area contributed by atoms with Crippen molar-refractivity contribution in [1.29, 1.82) is 0 Å². The largest absolute Gasteiger partial charge is 0.392 e. The van der Waals surface area contributed by atoms with Gasteiger partial charge in [-0.1, -0.05) is 5.92 Å². The molecule has 0 aromatic carbocycles. The highest BCUT2D eigenvalue weighted by molar-refractivity contribution is 5.81. The number of ether oxygens (including phenoxy) is 1. The molecule has 0 spiro atoms. The van der Waals surface area contributed by atoms with Gasteiger partial charge in [-0.25, -0.2) is 4.98 Å². The van der Waals surface area contributed by atoms with Gasteiger partial charge >= 0.3 is 6.08 Å². The maximum atomic E-state index is 13.3. The average Bonchev–Trinajstić information content (AvgIpc) is 3.01. The Hall–Kier alpha value is -2.32. The topological polar surface area (TPSA) is 140 Å². The van der Waals surface area contributed by atoms with Crippen molar-refractivity contribution in [3.05, 3.63) is 12.4 Å². The third-order valence-electron chi connectivity index (χ3n) is 3.60. The van der Waals surface area contributed by atoms with E-state index >= 15 is 0 Å². The third-order valence-corrected chi connectivity index (χ3v) is 3.60. The second-order valence-corrected chi connectivity index (χ2v) is 4.84. The lowest BCUT2D eigenvalue weighted by molar-refractivity contribution is -0.0911. The van der Waals surface area contributed by atoms with E-state index in [1.165, 1.54) is 10.9 Å². The van der Waals surface area contributed by atoms with Crippen molar-refractivity contribution in [2.75, 3.05) is 12.3 Å². The van der Waals surface area contributed by atoms with Crippen LogP contribution >= 0.6 is 0 Å². The van der Waals surface area contributed by atoms with Crippen molar-refractivity contribution in [2.45, 2.75) is 24.0 Å². The summed E-state index contributed by atoms with van der Waals surface area (Å²) in [5.74, 6) is 1.94. The van der Waals surface area contributed by atoms with Gasteiger partial charge < -0.3 is 25.8 Å². The molecule has 3 rings (SSSR count). The van der Waals surface area contributed by atoms with E-state index in [1.54, 1.807) is 0 Å². The number of nitrogens with zero attached hydrogens (tertiary/aromatic N) is 4. The molecule has 9 nitrogen and oxygen atoms in total. The molecule has 1 saturated heterocycles. The predicted molar refractivity (Wildman–Crippen MR) is 70.5 cm³/mol. The van der Waals surface area contributed by atoms with Crippen molar-refractivity contribution in [1.82, 2.24) is 19.5 Å². The number of fused-ring (bicyclic) bond motifs is 1. The van der Waals surface area contributed by atoms with Crippen molar-refractivity contribution in [3.63, 3.8) is 0 Å². The van der Waals surface area contributed by atoms with Crippen LogP contribution in [-0.4, -0.2) is 59.3 Å². The fraction of sp³-hybridized carbons (Fsp3) is 0.417. The summed E-state index contributed by atoms with van der Waals surface area (Å²) in [5, 5.41) is 29.5. The molecule has 5 N–H and O–H groups in total. The van der Waals surface area contributed by atoms with E-state index < -0.39 is 36.7 Å². The van der Waals surface area contributed by atoms with E-state index in [-0.39, 0.29) is 17.0 Å². The summed E-state index contributed by atoms with van der Waals surface area (Å²) in [7, 11) is 0. The number of hydrogen-bond acceptors (Lipinski definition) is 8. The van der Waals surface area contributed by atoms with Crippen LogP contribution < -0.4 is 5.73 Å². The van der Waals surface area contributed by atoms with E-state index in [4.69, 9.17) is 16.9 Å². The molecule has 3 heterocycles. The summed E-state index contributed by atoms with van der Waals surface area (Å²) in [4.78, 5) is 10.8. The van der Waals surface area contributed by atoms with Gasteiger partial charge in [-0.2, -0.15) is 14.4 Å². The molecule has 10 heteroatoms. The van der Waals surface area contributed by atoms with Gasteiger partial charge in [0.1, 0.15) is 12.2 Å². The summed E-state index contributed by atoms with van der Waals surface area (Å²) in [6.45, 7) is -0.712. The number of aliphatic hydroxyl groups is 3. The number of terminal acetylenes is 1. The molecule has 0 bridgehead atoms. The van der Waals surface area contributed by atoms with Gasteiger partial charge in [0.2, 0.25) is 0 Å². The zero-order chi connectivity index (χ0) is 16.1. The van der Waals surface area contributed by atoms with Crippen LogP contribution in [-0.2, 0) is 4.74 Å². The molecule has 0 aliphatic carbocycles. The van der Waals surface area contributed by atoms with Crippen LogP contribution in [0.15, 0.2) is 6.33 Å². The molecule has 4 atom stereocenters. The normalized spacial score (nSPS) is 31.5. The third kappa shape index (κ3) is 1.84. The van der Waals surface area contributed by atoms with Gasteiger partial charge in [0, 0.05) is 0 Å². The molecule has 116 valence electrons. The number of hydrogen-bond donors (Lipinski definition) is 4. The van der Waals surface area contributed by atoms with Crippen LogP contribution in [0.5, 0.6) is 0 Å². The fourth-order valence-electron chi connectivity index (χ4n) is 2.40. The first-order chi connectivity index (χ1) is 10.4. The Morgan fingerprint density at radius 1 is 1.50 bits per heavy atom. The van der Waals surface area contributed by atoms with Gasteiger partial charge in [-0.15, -0.1) is 6.42 Å². The SMILES string of the molecule is C#C[C@]1(CO)O[C@@H](n2cnc3c(N)nc(F)nc32)[C@@H](O)[C@H]1O. The summed E-state index contributed by atoms with van der Waals surface area (Å²) in [6, 6.07) is 0. The minimum Gasteiger partial charge on any atom is -0.392 e. The predicted octanol–water partition coefficient (Wildman–Crippen LogP) is -1.84. The van der Waals surface area contributed by atoms with E-state index in [2.05, 4.69) is 20.9 Å². The zero-order valence-corrected chi connectivity index (χ0v) is 11.1. The molecule has 0 radical (unpaired) electrons. The van der Waals surface area contributed by atoms with Gasteiger partial charge in [-0.3, -0.25) is 4.57 Å². The highest BCUT2D eigenvalue weighted by Gasteiger charge is 2.54. The Morgan fingerprint density at radius 2 is 2.23 bits per heavy atom. The minimum atomic E-state index is -1.78. The van der Waals surface area contributed by atoms with E-state index in [1.807, 2.05) is 0 Å². The molecular weight excluding hydrogens is 297 g/mol. The average molecular weight is 309 g/mol. The van der Waals surface area contributed by atoms with Gasteiger partial charge in [0.05, 0.1) is 12.9 Å². The first-order valence-electron chi connectivity index (χ1n) is 6.21. The summed E-state index contributed by atoms with van der Waals surface area (Å²) >= 11 is 0. The maximum absolute atomic E-state index is 13.3. The van der Waals surface area contributed by atoms with Crippen LogP contribution in [0.1, 0.15) is 6.23 Å². The Morgan fingerprint density at radius 3 is 2.82 bits per heavy atom. The zero-order valence-electron chi connectivity index (χ0n) is 11.1. The number of anilines is 1. The molecule has 1 aliphatic heterocycles. The number of halogens is 1. The van der Waals surface area contributed by atoms with Crippen LogP contribution in [0, 0.1) is 18.4 Å². The Bertz CT molecular complexity index is 775. The number of aromatic nitrogens is 4. The second-order valence-electron chi connectivity index (χ2n) is 4.84. The molecule has 0 amide bonds. The fourth-order valence-corrected chi connectivity index (χ4v) is 2.40. The first-order valence-corrected chi connectivity index (χ1v) is 6.21. The lowest BCUT2D eigenvalue weighted by Gasteiger charge is -2.23. The van der Waals surface area contributed by atoms with Crippen LogP contribution in [0.25, 0.3) is 11.2 Å². The molecule has 0 unspecified atom stereocenters. The van der Waals surface area contributed by atoms with Crippen molar-refractivity contribution >= 4 is 17.0 Å². The Kier molecular flexibility index (Phi) is 3.22. The Balaban J connectivity index is 2.11. The molecule has 0 saturated carbocycles. The molecule has 1 aliphatic rings. The summed E-state index contributed by atoms with van der Waals surface area (Å²) in [6.07, 6.45) is 1.13.